The molecule has 0 aromatic heterocycles. The monoisotopic (exact) mass is 531 g/mol. The Balaban J connectivity index is 1.59. The minimum Gasteiger partial charge on any atom is -0.325 e. The summed E-state index contributed by atoms with van der Waals surface area (Å²) < 4.78 is 14.3. The van der Waals surface area contributed by atoms with Gasteiger partial charge in [-0.3, -0.25) is 14.5 Å². The van der Waals surface area contributed by atoms with Crippen molar-refractivity contribution in [2.45, 2.75) is 45.4 Å². The Morgan fingerprint density at radius 2 is 1.88 bits per heavy atom. The van der Waals surface area contributed by atoms with Gasteiger partial charge in [-0.15, -0.1) is 0 Å². The minimum absolute atomic E-state index is 0.00285. The summed E-state index contributed by atoms with van der Waals surface area (Å²) in [5.74, 6) is -1.09. The fourth-order valence-electron chi connectivity index (χ4n) is 4.59. The summed E-state index contributed by atoms with van der Waals surface area (Å²) in [5.41, 5.74) is 5.48. The van der Waals surface area contributed by atoms with Gasteiger partial charge in [-0.1, -0.05) is 35.0 Å². The molecule has 4 amide bonds. The summed E-state index contributed by atoms with van der Waals surface area (Å²) in [6.07, 6.45) is 0. The zero-order valence-corrected chi connectivity index (χ0v) is 20.8. The largest absolute Gasteiger partial charge is 0.327 e. The quantitative estimate of drug-likeness (QED) is 0.597. The zero-order valence-electron chi connectivity index (χ0n) is 19.2. The smallest absolute Gasteiger partial charge is 0.325 e. The van der Waals surface area contributed by atoms with Gasteiger partial charge in [0.05, 0.1) is 12.6 Å². The van der Waals surface area contributed by atoms with Crippen molar-refractivity contribution >= 4 is 39.5 Å². The number of imide groups is 1. The van der Waals surface area contributed by atoms with Gasteiger partial charge in [0.1, 0.15) is 18.4 Å². The summed E-state index contributed by atoms with van der Waals surface area (Å²) in [4.78, 5) is 42.5. The maximum absolute atomic E-state index is 13.5. The first-order chi connectivity index (χ1) is 16.2. The molecule has 2 aromatic rings. The Morgan fingerprint density at radius 3 is 2.53 bits per heavy atom. The molecular formula is C24H27BrFN5O3. The lowest BCUT2D eigenvalue weighted by Crippen LogP contribution is -2.67. The standard InChI is InChI=1S/C24H27BrFN5O3/c1-4-31-22-21(15(3)28-31)29(13-20(32)27-18-9-10-19(25)14(2)11-18)24(34)30(23(22)33)12-16-5-7-17(26)8-6-16/h5-11,15,21-22,28H,4,12-13H2,1-3H3,(H,27,32). The van der Waals surface area contributed by atoms with Gasteiger partial charge in [-0.2, -0.15) is 0 Å². The van der Waals surface area contributed by atoms with Crippen LogP contribution in [0.3, 0.4) is 0 Å². The molecule has 2 N–H and O–H groups in total. The van der Waals surface area contributed by atoms with Gasteiger partial charge in [-0.05, 0) is 55.3 Å². The molecule has 2 saturated heterocycles. The van der Waals surface area contributed by atoms with Crippen LogP contribution in [0.15, 0.2) is 46.9 Å². The number of carbonyl (C=O) groups is 3. The number of benzene rings is 2. The molecule has 34 heavy (non-hydrogen) atoms. The lowest BCUT2D eigenvalue weighted by Gasteiger charge is -2.43. The number of nitrogens with zero attached hydrogens (tertiary/aromatic N) is 3. The van der Waals surface area contributed by atoms with Crippen molar-refractivity contribution in [3.8, 4) is 0 Å². The Kier molecular flexibility index (Phi) is 7.01. The second kappa shape index (κ2) is 9.81. The first-order valence-corrected chi connectivity index (χ1v) is 11.9. The predicted octanol–water partition coefficient (Wildman–Crippen LogP) is 3.27. The average molecular weight is 532 g/mol. The number of rotatable bonds is 6. The first kappa shape index (κ1) is 24.3. The van der Waals surface area contributed by atoms with E-state index in [-0.39, 0.29) is 30.9 Å². The Labute approximate surface area is 206 Å². The van der Waals surface area contributed by atoms with Crippen molar-refractivity contribution in [1.82, 2.24) is 20.2 Å². The molecule has 2 aliphatic heterocycles. The van der Waals surface area contributed by atoms with Crippen LogP contribution in [0.25, 0.3) is 0 Å². The van der Waals surface area contributed by atoms with Crippen LogP contribution in [0.4, 0.5) is 14.9 Å². The van der Waals surface area contributed by atoms with Gasteiger partial charge in [0.15, 0.2) is 0 Å². The second-order valence-corrected chi connectivity index (χ2v) is 9.47. The fourth-order valence-corrected chi connectivity index (χ4v) is 4.84. The molecule has 0 radical (unpaired) electrons. The Hall–Kier alpha value is -2.82. The third-order valence-electron chi connectivity index (χ3n) is 6.25. The predicted molar refractivity (Wildman–Crippen MR) is 129 cm³/mol. The van der Waals surface area contributed by atoms with E-state index in [0.29, 0.717) is 17.8 Å². The van der Waals surface area contributed by atoms with Crippen molar-refractivity contribution in [3.05, 3.63) is 63.9 Å². The number of aryl methyl sites for hydroxylation is 1. The van der Waals surface area contributed by atoms with Gasteiger partial charge in [0, 0.05) is 22.7 Å². The van der Waals surface area contributed by atoms with Gasteiger partial charge < -0.3 is 10.2 Å². The molecule has 3 atom stereocenters. The molecule has 2 fully saturated rings. The van der Waals surface area contributed by atoms with E-state index in [1.165, 1.54) is 17.0 Å². The van der Waals surface area contributed by atoms with E-state index in [4.69, 9.17) is 0 Å². The van der Waals surface area contributed by atoms with Crippen molar-refractivity contribution in [1.29, 1.82) is 0 Å². The summed E-state index contributed by atoms with van der Waals surface area (Å²) in [6.45, 7) is 6.08. The van der Waals surface area contributed by atoms with Crippen LogP contribution in [0.2, 0.25) is 0 Å². The number of hydrazine groups is 1. The summed E-state index contributed by atoms with van der Waals surface area (Å²) in [7, 11) is 0. The number of amides is 4. The Morgan fingerprint density at radius 1 is 1.18 bits per heavy atom. The van der Waals surface area contributed by atoms with Crippen molar-refractivity contribution in [2.24, 2.45) is 0 Å². The SMILES string of the molecule is CCN1NC(C)C2C1C(=O)N(Cc1ccc(F)cc1)C(=O)N2CC(=O)Nc1ccc(Br)c(C)c1. The lowest BCUT2D eigenvalue weighted by molar-refractivity contribution is -0.140. The van der Waals surface area contributed by atoms with E-state index >= 15 is 0 Å². The molecule has 0 aliphatic carbocycles. The van der Waals surface area contributed by atoms with E-state index in [2.05, 4.69) is 26.7 Å². The second-order valence-electron chi connectivity index (χ2n) is 8.61. The van der Waals surface area contributed by atoms with Crippen LogP contribution in [0.5, 0.6) is 0 Å². The number of hydrogen-bond acceptors (Lipinski definition) is 5. The molecule has 2 aliphatic rings. The van der Waals surface area contributed by atoms with Crippen molar-refractivity contribution in [2.75, 3.05) is 18.4 Å². The normalized spacial score (nSPS) is 22.8. The highest BCUT2D eigenvalue weighted by molar-refractivity contribution is 9.10. The maximum atomic E-state index is 13.5. The number of nitrogens with one attached hydrogen (secondary N) is 2. The molecule has 4 rings (SSSR count). The van der Waals surface area contributed by atoms with Crippen LogP contribution < -0.4 is 10.7 Å². The highest BCUT2D eigenvalue weighted by atomic mass is 79.9. The molecule has 8 nitrogen and oxygen atoms in total. The minimum atomic E-state index is -0.624. The summed E-state index contributed by atoms with van der Waals surface area (Å²) in [6, 6.07) is 9.26. The van der Waals surface area contributed by atoms with E-state index < -0.39 is 23.9 Å². The van der Waals surface area contributed by atoms with Gasteiger partial charge in [-0.25, -0.2) is 19.6 Å². The molecule has 2 heterocycles. The van der Waals surface area contributed by atoms with E-state index in [0.717, 1.165) is 14.9 Å². The third kappa shape index (κ3) is 4.70. The van der Waals surface area contributed by atoms with Crippen LogP contribution in [0, 0.1) is 12.7 Å². The molecule has 3 unspecified atom stereocenters. The number of anilines is 1. The third-order valence-corrected chi connectivity index (χ3v) is 7.14. The maximum Gasteiger partial charge on any atom is 0.327 e. The van der Waals surface area contributed by atoms with Gasteiger partial charge in [0.2, 0.25) is 5.91 Å². The molecule has 180 valence electrons. The number of likely N-dealkylation sites (N-methyl/N-ethyl adjacent to an activating group) is 1. The van der Waals surface area contributed by atoms with Crippen LogP contribution in [-0.2, 0) is 16.1 Å². The van der Waals surface area contributed by atoms with Crippen molar-refractivity contribution in [3.63, 3.8) is 0 Å². The molecule has 10 heteroatoms. The van der Waals surface area contributed by atoms with Crippen molar-refractivity contribution < 1.29 is 18.8 Å². The van der Waals surface area contributed by atoms with Crippen LogP contribution in [0.1, 0.15) is 25.0 Å². The van der Waals surface area contributed by atoms with Crippen LogP contribution in [-0.4, -0.2) is 63.9 Å². The number of fused-ring (bicyclic) bond motifs is 1. The first-order valence-electron chi connectivity index (χ1n) is 11.1. The topological polar surface area (TPSA) is 85.0 Å². The average Bonchev–Trinajstić information content (AvgIpc) is 3.14. The molecule has 0 spiro atoms. The number of hydrogen-bond donors (Lipinski definition) is 2. The summed E-state index contributed by atoms with van der Waals surface area (Å²) in [5, 5.41) is 4.66. The highest BCUT2D eigenvalue weighted by Gasteiger charge is 2.54. The molecule has 0 bridgehead atoms. The molecular weight excluding hydrogens is 505 g/mol. The summed E-state index contributed by atoms with van der Waals surface area (Å²) >= 11 is 3.44. The van der Waals surface area contributed by atoms with Gasteiger partial charge >= 0.3 is 6.03 Å². The van der Waals surface area contributed by atoms with Crippen LogP contribution >= 0.6 is 15.9 Å². The number of urea groups is 1. The molecule has 2 aromatic carbocycles. The molecule has 0 saturated carbocycles. The zero-order chi connectivity index (χ0) is 24.6. The fraction of sp³-hybridized carbons (Fsp3) is 0.375. The van der Waals surface area contributed by atoms with Gasteiger partial charge in [0.25, 0.3) is 5.91 Å². The van der Waals surface area contributed by atoms with E-state index in [9.17, 15) is 18.8 Å². The highest BCUT2D eigenvalue weighted by Crippen LogP contribution is 2.30. The van der Waals surface area contributed by atoms with E-state index in [1.807, 2.05) is 37.9 Å². The lowest BCUT2D eigenvalue weighted by atomic mass is 9.97. The number of carbonyl (C=O) groups excluding carboxylic acids is 3. The number of halogens is 2. The van der Waals surface area contributed by atoms with E-state index in [1.54, 1.807) is 18.2 Å². The Bertz CT molecular complexity index is 1110.